The normalized spacial score (nSPS) is 22.9. The number of hydrogen-bond acceptors (Lipinski definition) is 5. The molecule has 0 radical (unpaired) electrons. The number of guanidine groups is 1. The van der Waals surface area contributed by atoms with Gasteiger partial charge < -0.3 is 29.9 Å². The van der Waals surface area contributed by atoms with Crippen LogP contribution >= 0.6 is 0 Å². The summed E-state index contributed by atoms with van der Waals surface area (Å²) in [6.45, 7) is 8.32. The average molecular weight is 412 g/mol. The number of nitrogens with zero attached hydrogens (tertiary/aromatic N) is 3. The third-order valence-electron chi connectivity index (χ3n) is 4.81. The predicted octanol–water partition coefficient (Wildman–Crippen LogP) is 1.19. The maximum atomic E-state index is 12.4. The first-order valence-corrected chi connectivity index (χ1v) is 10.5. The quantitative estimate of drug-likeness (QED) is 0.521. The van der Waals surface area contributed by atoms with Gasteiger partial charge in [0.1, 0.15) is 12.1 Å². The van der Waals surface area contributed by atoms with E-state index in [1.54, 1.807) is 19.0 Å². The molecule has 2 N–H and O–H groups in total. The largest absolute Gasteiger partial charge is 0.444 e. The zero-order chi connectivity index (χ0) is 21.4. The van der Waals surface area contributed by atoms with Crippen molar-refractivity contribution in [3.8, 4) is 0 Å². The molecule has 2 saturated heterocycles. The van der Waals surface area contributed by atoms with E-state index in [1.807, 2.05) is 20.8 Å². The van der Waals surface area contributed by atoms with E-state index < -0.39 is 5.60 Å². The van der Waals surface area contributed by atoms with Crippen molar-refractivity contribution in [3.63, 3.8) is 0 Å². The van der Waals surface area contributed by atoms with Gasteiger partial charge in [0.15, 0.2) is 5.96 Å². The van der Waals surface area contributed by atoms with Crippen molar-refractivity contribution in [3.05, 3.63) is 0 Å². The Hall–Kier alpha value is -2.03. The SMILES string of the molecule is CN(C)C(=O)CN=C(NCC1CCCO1)NC1CCCN(C(=O)OC(C)(C)C)C1. The second-order valence-corrected chi connectivity index (χ2v) is 8.88. The fourth-order valence-electron chi connectivity index (χ4n) is 3.24. The van der Waals surface area contributed by atoms with Crippen LogP contribution in [-0.4, -0.2) is 92.4 Å². The molecule has 0 bridgehead atoms. The van der Waals surface area contributed by atoms with E-state index in [4.69, 9.17) is 9.47 Å². The van der Waals surface area contributed by atoms with Crippen LogP contribution in [0.5, 0.6) is 0 Å². The maximum absolute atomic E-state index is 12.4. The molecule has 0 aromatic carbocycles. The minimum absolute atomic E-state index is 0.0430. The third kappa shape index (κ3) is 8.47. The first-order valence-electron chi connectivity index (χ1n) is 10.5. The van der Waals surface area contributed by atoms with Crippen LogP contribution in [0.1, 0.15) is 46.5 Å². The molecular formula is C20H37N5O4. The van der Waals surface area contributed by atoms with Gasteiger partial charge in [-0.15, -0.1) is 0 Å². The molecule has 0 aliphatic carbocycles. The Balaban J connectivity index is 1.95. The number of likely N-dealkylation sites (N-methyl/N-ethyl adjacent to an activating group) is 1. The predicted molar refractivity (Wildman–Crippen MR) is 112 cm³/mol. The van der Waals surface area contributed by atoms with E-state index in [0.29, 0.717) is 25.6 Å². The van der Waals surface area contributed by atoms with E-state index in [2.05, 4.69) is 15.6 Å². The molecule has 9 heteroatoms. The second-order valence-electron chi connectivity index (χ2n) is 8.88. The first kappa shape index (κ1) is 23.3. The first-order chi connectivity index (χ1) is 13.6. The molecule has 2 fully saturated rings. The number of amides is 2. The van der Waals surface area contributed by atoms with Gasteiger partial charge >= 0.3 is 6.09 Å². The summed E-state index contributed by atoms with van der Waals surface area (Å²) in [6, 6.07) is 0.0430. The minimum atomic E-state index is -0.514. The molecule has 0 saturated carbocycles. The van der Waals surface area contributed by atoms with Crippen molar-refractivity contribution in [2.24, 2.45) is 4.99 Å². The van der Waals surface area contributed by atoms with E-state index in [-0.39, 0.29) is 30.7 Å². The lowest BCUT2D eigenvalue weighted by Crippen LogP contribution is -2.54. The molecule has 2 aliphatic rings. The van der Waals surface area contributed by atoms with Crippen LogP contribution in [0.15, 0.2) is 4.99 Å². The lowest BCUT2D eigenvalue weighted by atomic mass is 10.1. The fraction of sp³-hybridized carbons (Fsp3) is 0.850. The van der Waals surface area contributed by atoms with Gasteiger partial charge in [0.25, 0.3) is 0 Å². The Bertz CT molecular complexity index is 582. The molecular weight excluding hydrogens is 374 g/mol. The minimum Gasteiger partial charge on any atom is -0.444 e. The molecule has 0 spiro atoms. The van der Waals surface area contributed by atoms with Crippen LogP contribution in [-0.2, 0) is 14.3 Å². The highest BCUT2D eigenvalue weighted by Gasteiger charge is 2.28. The summed E-state index contributed by atoms with van der Waals surface area (Å²) >= 11 is 0. The van der Waals surface area contributed by atoms with Crippen molar-refractivity contribution in [2.75, 3.05) is 46.9 Å². The van der Waals surface area contributed by atoms with Crippen LogP contribution in [0, 0.1) is 0 Å². The van der Waals surface area contributed by atoms with Gasteiger partial charge in [0.05, 0.1) is 6.10 Å². The van der Waals surface area contributed by atoms with Crippen LogP contribution in [0.2, 0.25) is 0 Å². The Morgan fingerprint density at radius 3 is 2.62 bits per heavy atom. The van der Waals surface area contributed by atoms with Crippen LogP contribution < -0.4 is 10.6 Å². The number of piperidine rings is 1. The monoisotopic (exact) mass is 411 g/mol. The summed E-state index contributed by atoms with van der Waals surface area (Å²) in [4.78, 5) is 32.0. The van der Waals surface area contributed by atoms with Gasteiger partial charge in [-0.1, -0.05) is 0 Å². The zero-order valence-corrected chi connectivity index (χ0v) is 18.5. The molecule has 2 aliphatic heterocycles. The number of hydrogen-bond donors (Lipinski definition) is 2. The standard InChI is InChI=1S/C20H37N5O4/c1-20(2,3)29-19(27)25-10-6-8-15(14-25)23-18(22-13-17(26)24(4)5)21-12-16-9-7-11-28-16/h15-16H,6-14H2,1-5H3,(H2,21,22,23). The van der Waals surface area contributed by atoms with Crippen molar-refractivity contribution in [2.45, 2.75) is 64.2 Å². The highest BCUT2D eigenvalue weighted by molar-refractivity contribution is 5.85. The smallest absolute Gasteiger partial charge is 0.410 e. The summed E-state index contributed by atoms with van der Waals surface area (Å²) in [6.07, 6.45) is 3.76. The molecule has 2 unspecified atom stereocenters. The zero-order valence-electron chi connectivity index (χ0n) is 18.5. The van der Waals surface area contributed by atoms with E-state index in [0.717, 1.165) is 32.3 Å². The number of carbonyl (C=O) groups excluding carboxylic acids is 2. The summed E-state index contributed by atoms with van der Waals surface area (Å²) in [5.41, 5.74) is -0.514. The third-order valence-corrected chi connectivity index (χ3v) is 4.81. The van der Waals surface area contributed by atoms with Gasteiger partial charge in [0.2, 0.25) is 5.91 Å². The summed E-state index contributed by atoms with van der Waals surface area (Å²) in [5, 5.41) is 6.68. The number of rotatable bonds is 5. The van der Waals surface area contributed by atoms with Crippen molar-refractivity contribution in [1.29, 1.82) is 0 Å². The number of ether oxygens (including phenoxy) is 2. The Kier molecular flexibility index (Phi) is 8.55. The summed E-state index contributed by atoms with van der Waals surface area (Å²) in [5.74, 6) is 0.508. The van der Waals surface area contributed by atoms with Crippen LogP contribution in [0.4, 0.5) is 4.79 Å². The number of nitrogens with one attached hydrogen (secondary N) is 2. The molecule has 2 rings (SSSR count). The van der Waals surface area contributed by atoms with Gasteiger partial charge in [-0.25, -0.2) is 9.79 Å². The van der Waals surface area contributed by atoms with Gasteiger partial charge in [0, 0.05) is 46.4 Å². The van der Waals surface area contributed by atoms with Crippen molar-refractivity contribution >= 4 is 18.0 Å². The molecule has 29 heavy (non-hydrogen) atoms. The number of likely N-dealkylation sites (tertiary alicyclic amines) is 1. The topological polar surface area (TPSA) is 95.5 Å². The van der Waals surface area contributed by atoms with Crippen LogP contribution in [0.3, 0.4) is 0 Å². The van der Waals surface area contributed by atoms with Gasteiger partial charge in [-0.3, -0.25) is 4.79 Å². The van der Waals surface area contributed by atoms with E-state index in [1.165, 1.54) is 4.90 Å². The molecule has 9 nitrogen and oxygen atoms in total. The Morgan fingerprint density at radius 1 is 1.24 bits per heavy atom. The molecule has 2 atom stereocenters. The average Bonchev–Trinajstić information content (AvgIpc) is 3.16. The second kappa shape index (κ2) is 10.7. The molecule has 2 amide bonds. The summed E-state index contributed by atoms with van der Waals surface area (Å²) in [7, 11) is 3.43. The number of aliphatic imine (C=N–C) groups is 1. The highest BCUT2D eigenvalue weighted by Crippen LogP contribution is 2.15. The Morgan fingerprint density at radius 2 is 2.00 bits per heavy atom. The van der Waals surface area contributed by atoms with Crippen LogP contribution in [0.25, 0.3) is 0 Å². The lowest BCUT2D eigenvalue weighted by molar-refractivity contribution is -0.127. The molecule has 0 aromatic heterocycles. The lowest BCUT2D eigenvalue weighted by Gasteiger charge is -2.35. The van der Waals surface area contributed by atoms with Crippen molar-refractivity contribution in [1.82, 2.24) is 20.4 Å². The maximum Gasteiger partial charge on any atom is 0.410 e. The molecule has 0 aromatic rings. The van der Waals surface area contributed by atoms with Gasteiger partial charge in [-0.05, 0) is 46.5 Å². The fourth-order valence-corrected chi connectivity index (χ4v) is 3.24. The van der Waals surface area contributed by atoms with E-state index in [9.17, 15) is 9.59 Å². The van der Waals surface area contributed by atoms with E-state index >= 15 is 0 Å². The summed E-state index contributed by atoms with van der Waals surface area (Å²) < 4.78 is 11.2. The van der Waals surface area contributed by atoms with Crippen molar-refractivity contribution < 1.29 is 19.1 Å². The number of carbonyl (C=O) groups is 2. The molecule has 166 valence electrons. The highest BCUT2D eigenvalue weighted by atomic mass is 16.6. The Labute approximate surface area is 174 Å². The van der Waals surface area contributed by atoms with Gasteiger partial charge in [-0.2, -0.15) is 0 Å². The molecule has 2 heterocycles.